The summed E-state index contributed by atoms with van der Waals surface area (Å²) < 4.78 is 5.30. The summed E-state index contributed by atoms with van der Waals surface area (Å²) in [6.45, 7) is 1.76. The fraction of sp³-hybridized carbons (Fsp3) is 0.400. The van der Waals surface area contributed by atoms with Crippen LogP contribution in [0.2, 0.25) is 0 Å². The fourth-order valence-electron chi connectivity index (χ4n) is 2.77. The SMILES string of the molecule is CC(O)(c1nc(-c2ccc3nc[nH]c3c2)no1)C1CCC1. The van der Waals surface area contributed by atoms with E-state index < -0.39 is 5.60 Å². The Morgan fingerprint density at radius 3 is 3.00 bits per heavy atom. The number of fused-ring (bicyclic) bond motifs is 1. The van der Waals surface area contributed by atoms with Crippen molar-refractivity contribution in [3.05, 3.63) is 30.4 Å². The number of hydrogen-bond donors (Lipinski definition) is 2. The van der Waals surface area contributed by atoms with E-state index in [1.165, 1.54) is 0 Å². The summed E-state index contributed by atoms with van der Waals surface area (Å²) in [6, 6.07) is 5.73. The molecule has 1 saturated carbocycles. The van der Waals surface area contributed by atoms with Crippen molar-refractivity contribution in [2.45, 2.75) is 31.8 Å². The van der Waals surface area contributed by atoms with Crippen molar-refractivity contribution in [2.24, 2.45) is 5.92 Å². The van der Waals surface area contributed by atoms with E-state index in [-0.39, 0.29) is 5.92 Å². The third-order valence-electron chi connectivity index (χ3n) is 4.44. The van der Waals surface area contributed by atoms with Gasteiger partial charge in [-0.05, 0) is 43.9 Å². The van der Waals surface area contributed by atoms with Crippen molar-refractivity contribution >= 4 is 11.0 Å². The molecule has 3 aromatic rings. The molecule has 1 fully saturated rings. The summed E-state index contributed by atoms with van der Waals surface area (Å²) in [4.78, 5) is 11.6. The summed E-state index contributed by atoms with van der Waals surface area (Å²) in [5, 5.41) is 14.6. The second-order valence-corrected chi connectivity index (χ2v) is 5.83. The van der Waals surface area contributed by atoms with E-state index in [1.807, 2.05) is 18.2 Å². The maximum atomic E-state index is 10.6. The molecule has 2 N–H and O–H groups in total. The molecule has 1 aliphatic carbocycles. The first-order valence-electron chi connectivity index (χ1n) is 7.14. The number of aromatic amines is 1. The van der Waals surface area contributed by atoms with Crippen molar-refractivity contribution in [3.8, 4) is 11.4 Å². The monoisotopic (exact) mass is 284 g/mol. The number of aliphatic hydroxyl groups is 1. The van der Waals surface area contributed by atoms with Crippen molar-refractivity contribution in [2.75, 3.05) is 0 Å². The first kappa shape index (κ1) is 12.5. The number of aromatic nitrogens is 4. The van der Waals surface area contributed by atoms with E-state index in [9.17, 15) is 5.11 Å². The number of H-pyrrole nitrogens is 1. The summed E-state index contributed by atoms with van der Waals surface area (Å²) in [5.74, 6) is 0.994. The molecular weight excluding hydrogens is 268 g/mol. The van der Waals surface area contributed by atoms with Crippen LogP contribution in [0.5, 0.6) is 0 Å². The zero-order valence-corrected chi connectivity index (χ0v) is 11.7. The van der Waals surface area contributed by atoms with Crippen LogP contribution in [-0.4, -0.2) is 25.2 Å². The van der Waals surface area contributed by atoms with Crippen LogP contribution < -0.4 is 0 Å². The molecule has 6 nitrogen and oxygen atoms in total. The Bertz CT molecular complexity index is 786. The Morgan fingerprint density at radius 2 is 2.24 bits per heavy atom. The number of rotatable bonds is 3. The van der Waals surface area contributed by atoms with Crippen LogP contribution in [0.1, 0.15) is 32.1 Å². The Morgan fingerprint density at radius 1 is 1.38 bits per heavy atom. The summed E-state index contributed by atoms with van der Waals surface area (Å²) >= 11 is 0. The van der Waals surface area contributed by atoms with Crippen LogP contribution >= 0.6 is 0 Å². The predicted molar refractivity (Wildman–Crippen MR) is 76.3 cm³/mol. The molecule has 0 amide bonds. The molecule has 108 valence electrons. The largest absolute Gasteiger partial charge is 0.380 e. The number of benzene rings is 1. The Labute approximate surface area is 121 Å². The number of nitrogens with one attached hydrogen (secondary N) is 1. The molecule has 2 heterocycles. The molecule has 0 radical (unpaired) electrons. The van der Waals surface area contributed by atoms with E-state index in [2.05, 4.69) is 20.1 Å². The average molecular weight is 284 g/mol. The predicted octanol–water partition coefficient (Wildman–Crippen LogP) is 2.62. The van der Waals surface area contributed by atoms with E-state index in [4.69, 9.17) is 4.52 Å². The molecule has 2 aromatic heterocycles. The summed E-state index contributed by atoms with van der Waals surface area (Å²) in [7, 11) is 0. The molecular formula is C15H16N4O2. The van der Waals surface area contributed by atoms with Crippen LogP contribution in [-0.2, 0) is 5.60 Å². The third kappa shape index (κ3) is 1.94. The quantitative estimate of drug-likeness (QED) is 0.772. The average Bonchev–Trinajstić information content (AvgIpc) is 3.04. The van der Waals surface area contributed by atoms with E-state index >= 15 is 0 Å². The zero-order valence-electron chi connectivity index (χ0n) is 11.7. The van der Waals surface area contributed by atoms with Gasteiger partial charge in [0.1, 0.15) is 5.60 Å². The molecule has 1 unspecified atom stereocenters. The summed E-state index contributed by atoms with van der Waals surface area (Å²) in [5.41, 5.74) is 1.61. The number of nitrogens with zero attached hydrogens (tertiary/aromatic N) is 3. The fourth-order valence-corrected chi connectivity index (χ4v) is 2.77. The molecule has 0 spiro atoms. The molecule has 6 heteroatoms. The van der Waals surface area contributed by atoms with Gasteiger partial charge < -0.3 is 14.6 Å². The molecule has 0 saturated heterocycles. The van der Waals surface area contributed by atoms with Crippen LogP contribution in [0.25, 0.3) is 22.4 Å². The lowest BCUT2D eigenvalue weighted by atomic mass is 9.73. The maximum Gasteiger partial charge on any atom is 0.258 e. The van der Waals surface area contributed by atoms with E-state index in [0.717, 1.165) is 35.9 Å². The summed E-state index contributed by atoms with van der Waals surface area (Å²) in [6.07, 6.45) is 4.81. The lowest BCUT2D eigenvalue weighted by Crippen LogP contribution is -2.36. The van der Waals surface area contributed by atoms with Gasteiger partial charge in [0.05, 0.1) is 17.4 Å². The Balaban J connectivity index is 1.69. The van der Waals surface area contributed by atoms with Crippen LogP contribution in [0.3, 0.4) is 0 Å². The minimum atomic E-state index is -1.04. The highest BCUT2D eigenvalue weighted by Gasteiger charge is 2.42. The smallest absolute Gasteiger partial charge is 0.258 e. The molecule has 1 aromatic carbocycles. The molecule has 0 aliphatic heterocycles. The Hall–Kier alpha value is -2.21. The van der Waals surface area contributed by atoms with Gasteiger partial charge in [-0.2, -0.15) is 4.98 Å². The minimum absolute atomic E-state index is 0.209. The van der Waals surface area contributed by atoms with Crippen LogP contribution in [0, 0.1) is 5.92 Å². The normalized spacial score (nSPS) is 18.6. The van der Waals surface area contributed by atoms with Gasteiger partial charge in [-0.1, -0.05) is 11.6 Å². The molecule has 1 aliphatic rings. The first-order valence-corrected chi connectivity index (χ1v) is 7.14. The highest BCUT2D eigenvalue weighted by Crippen LogP contribution is 2.41. The highest BCUT2D eigenvalue weighted by molar-refractivity contribution is 5.79. The van der Waals surface area contributed by atoms with E-state index in [0.29, 0.717) is 11.7 Å². The van der Waals surface area contributed by atoms with Gasteiger partial charge in [-0.25, -0.2) is 4.98 Å². The van der Waals surface area contributed by atoms with Gasteiger partial charge in [-0.15, -0.1) is 0 Å². The van der Waals surface area contributed by atoms with Gasteiger partial charge in [0.15, 0.2) is 0 Å². The molecule has 0 bridgehead atoms. The van der Waals surface area contributed by atoms with Gasteiger partial charge in [-0.3, -0.25) is 0 Å². The van der Waals surface area contributed by atoms with Gasteiger partial charge in [0.2, 0.25) is 5.82 Å². The minimum Gasteiger partial charge on any atom is -0.380 e. The van der Waals surface area contributed by atoms with Gasteiger partial charge in [0.25, 0.3) is 5.89 Å². The standard InChI is InChI=1S/C15H16N4O2/c1-15(20,10-3-2-4-10)14-18-13(19-21-14)9-5-6-11-12(7-9)17-8-16-11/h5-8,10,20H,2-4H2,1H3,(H,16,17). The van der Waals surface area contributed by atoms with Crippen molar-refractivity contribution in [1.29, 1.82) is 0 Å². The third-order valence-corrected chi connectivity index (χ3v) is 4.44. The Kier molecular flexibility index (Phi) is 2.62. The second-order valence-electron chi connectivity index (χ2n) is 5.83. The number of hydrogen-bond acceptors (Lipinski definition) is 5. The maximum absolute atomic E-state index is 10.6. The van der Waals surface area contributed by atoms with Gasteiger partial charge in [0, 0.05) is 5.56 Å². The second kappa shape index (κ2) is 4.39. The first-order chi connectivity index (χ1) is 10.1. The van der Waals surface area contributed by atoms with Crippen molar-refractivity contribution in [3.63, 3.8) is 0 Å². The van der Waals surface area contributed by atoms with Crippen molar-refractivity contribution in [1.82, 2.24) is 20.1 Å². The lowest BCUT2D eigenvalue weighted by Gasteiger charge is -2.35. The molecule has 1 atom stereocenters. The van der Waals surface area contributed by atoms with E-state index in [1.54, 1.807) is 13.3 Å². The van der Waals surface area contributed by atoms with Gasteiger partial charge >= 0.3 is 0 Å². The zero-order chi connectivity index (χ0) is 14.4. The lowest BCUT2D eigenvalue weighted by molar-refractivity contribution is -0.0635. The molecule has 21 heavy (non-hydrogen) atoms. The molecule has 4 rings (SSSR count). The van der Waals surface area contributed by atoms with Crippen molar-refractivity contribution < 1.29 is 9.63 Å². The van der Waals surface area contributed by atoms with Crippen LogP contribution in [0.15, 0.2) is 29.0 Å². The topological polar surface area (TPSA) is 87.8 Å². The number of imidazole rings is 1. The highest BCUT2D eigenvalue weighted by atomic mass is 16.5. The van der Waals surface area contributed by atoms with Crippen LogP contribution in [0.4, 0.5) is 0 Å².